The Bertz CT molecular complexity index is 1020. The second-order valence-electron chi connectivity index (χ2n) is 8.07. The minimum Gasteiger partial charge on any atom is -0.505 e. The molecule has 0 aliphatic rings. The average molecular weight is 396 g/mol. The number of nitrogens with zero attached hydrogens (tertiary/aromatic N) is 3. The molecule has 0 bridgehead atoms. The number of phenolic OH excluding ortho intramolecular Hbond substituents is 1. The number of carbonyl (C=O) groups excluding carboxylic acids is 1. The number of rotatable bonds is 7. The summed E-state index contributed by atoms with van der Waals surface area (Å²) >= 11 is 0. The minimum atomic E-state index is -0.536. The maximum Gasteiger partial charge on any atom is 0.162 e. The zero-order valence-corrected chi connectivity index (χ0v) is 18.6. The first-order valence-corrected chi connectivity index (χ1v) is 13.1. The topological polar surface area (TPSA) is 68.0 Å². The Morgan fingerprint density at radius 3 is 2.46 bits per heavy atom. The van der Waals surface area contributed by atoms with E-state index >= 15 is 0 Å². The molecule has 28 heavy (non-hydrogen) atoms. The number of hydrogen-bond donors (Lipinski definition) is 1. The average Bonchev–Trinajstić information content (AvgIpc) is 3.09. The van der Waals surface area contributed by atoms with Gasteiger partial charge in [0.15, 0.2) is 5.78 Å². The molecule has 2 aromatic carbocycles. The van der Waals surface area contributed by atoms with Gasteiger partial charge in [-0.2, -0.15) is 0 Å². The normalized spacial score (nSPS) is 11.5. The molecule has 1 N–H and O–H groups in total. The van der Waals surface area contributed by atoms with Gasteiger partial charge in [0.05, 0.1) is 0 Å². The van der Waals surface area contributed by atoms with E-state index in [1.807, 2.05) is 45.0 Å². The molecule has 0 aliphatic heterocycles. The molecule has 0 spiro atoms. The highest BCUT2D eigenvalue weighted by atomic mass is 28.3. The van der Waals surface area contributed by atoms with E-state index in [-0.39, 0.29) is 11.5 Å². The number of aromatic hydroxyl groups is 1. The van der Waals surface area contributed by atoms with Crippen LogP contribution in [0.25, 0.3) is 16.7 Å². The summed E-state index contributed by atoms with van der Waals surface area (Å²) in [5, 5.41) is 19.5. The van der Waals surface area contributed by atoms with Crippen LogP contribution in [0.15, 0.2) is 24.3 Å². The van der Waals surface area contributed by atoms with Crippen LogP contribution in [0.4, 0.5) is 0 Å². The largest absolute Gasteiger partial charge is 0.505 e. The minimum absolute atomic E-state index is 0.159. The number of benzene rings is 2. The van der Waals surface area contributed by atoms with E-state index in [4.69, 9.17) is 0 Å². The molecule has 1 heterocycles. The number of ketones is 1. The lowest BCUT2D eigenvalue weighted by molar-refractivity contribution is 0.0980. The van der Waals surface area contributed by atoms with Crippen molar-refractivity contribution in [1.82, 2.24) is 15.0 Å². The Balaban J connectivity index is 1.85. The predicted octanol–water partition coefficient (Wildman–Crippen LogP) is 4.89. The number of phenols is 1. The lowest BCUT2D eigenvalue weighted by atomic mass is 10.0. The summed E-state index contributed by atoms with van der Waals surface area (Å²) in [6.45, 7) is 10.6. The Morgan fingerprint density at radius 2 is 1.75 bits per heavy atom. The third-order valence-corrected chi connectivity index (χ3v) is 7.02. The fourth-order valence-electron chi connectivity index (χ4n) is 3.38. The van der Waals surface area contributed by atoms with E-state index in [2.05, 4.69) is 23.3 Å². The molecule has 0 saturated heterocycles. The zero-order valence-electron chi connectivity index (χ0n) is 17.4. The molecule has 148 valence electrons. The summed E-state index contributed by atoms with van der Waals surface area (Å²) in [5.41, 5.74) is 5.58. The van der Waals surface area contributed by atoms with Crippen molar-refractivity contribution in [3.8, 4) is 11.4 Å². The van der Waals surface area contributed by atoms with Gasteiger partial charge in [0.25, 0.3) is 0 Å². The van der Waals surface area contributed by atoms with Crippen LogP contribution in [-0.2, 0) is 0 Å². The molecule has 0 atom stereocenters. The van der Waals surface area contributed by atoms with Crippen LogP contribution in [-0.4, -0.2) is 34.7 Å². The number of aryl methyl sites for hydroxylation is 1. The van der Waals surface area contributed by atoms with Crippen LogP contribution >= 0.6 is 0 Å². The maximum atomic E-state index is 12.5. The van der Waals surface area contributed by atoms with Gasteiger partial charge in [-0.1, -0.05) is 25.6 Å². The van der Waals surface area contributed by atoms with Crippen LogP contribution in [0.5, 0.6) is 5.75 Å². The van der Waals surface area contributed by atoms with Gasteiger partial charge in [0, 0.05) is 20.8 Å². The quantitative estimate of drug-likeness (QED) is 0.351. The Labute approximate surface area is 168 Å². The van der Waals surface area contributed by atoms with Crippen molar-refractivity contribution in [2.75, 3.05) is 0 Å². The van der Waals surface area contributed by atoms with Gasteiger partial charge in [-0.3, -0.25) is 4.79 Å². The molecule has 3 rings (SSSR count). The van der Waals surface area contributed by atoms with Crippen molar-refractivity contribution in [3.05, 3.63) is 46.5 Å². The summed E-state index contributed by atoms with van der Waals surface area (Å²) < 4.78 is 0. The molecule has 3 aromatic rings. The Kier molecular flexibility index (Phi) is 5.98. The predicted molar refractivity (Wildman–Crippen MR) is 117 cm³/mol. The highest BCUT2D eigenvalue weighted by molar-refractivity contribution is 6.55. The van der Waals surface area contributed by atoms with Crippen LogP contribution in [0, 0.1) is 20.8 Å². The van der Waals surface area contributed by atoms with Gasteiger partial charge in [0.1, 0.15) is 22.5 Å². The van der Waals surface area contributed by atoms with E-state index in [1.165, 1.54) is 10.8 Å². The lowest BCUT2D eigenvalue weighted by Gasteiger charge is -2.11. The highest BCUT2D eigenvalue weighted by Gasteiger charge is 2.15. The number of aromatic nitrogens is 3. The third kappa shape index (κ3) is 4.17. The van der Waals surface area contributed by atoms with Gasteiger partial charge < -0.3 is 5.11 Å². The third-order valence-electron chi connectivity index (χ3n) is 5.46. The van der Waals surface area contributed by atoms with Gasteiger partial charge in [0.2, 0.25) is 0 Å². The van der Waals surface area contributed by atoms with Gasteiger partial charge in [-0.15, -0.1) is 15.0 Å². The van der Waals surface area contributed by atoms with Gasteiger partial charge >= 0.3 is 0 Å². The first-order chi connectivity index (χ1) is 13.3. The molecular formula is C22H29N3O2Si. The molecule has 0 radical (unpaired) electrons. The van der Waals surface area contributed by atoms with Gasteiger partial charge in [-0.05, 0) is 68.1 Å². The number of fused-ring (bicyclic) bond motifs is 1. The van der Waals surface area contributed by atoms with Crippen LogP contribution in [0.2, 0.25) is 19.1 Å². The molecule has 0 unspecified atom stereocenters. The van der Waals surface area contributed by atoms with Crippen molar-refractivity contribution >= 4 is 25.6 Å². The van der Waals surface area contributed by atoms with E-state index in [1.54, 1.807) is 0 Å². The SMILES string of the molecule is Cc1cc(-n2nc3ccc(C(=O)CCCC[SiH](C)C)cc3n2)c(O)c(C)c1C. The maximum absolute atomic E-state index is 12.5. The van der Waals surface area contributed by atoms with Crippen LogP contribution in [0.3, 0.4) is 0 Å². The number of carbonyl (C=O) groups is 1. The number of Topliss-reactive ketones (excluding diaryl/α,β-unsaturated/α-hetero) is 1. The smallest absolute Gasteiger partial charge is 0.162 e. The Morgan fingerprint density at radius 1 is 1.04 bits per heavy atom. The summed E-state index contributed by atoms with van der Waals surface area (Å²) in [6, 6.07) is 8.65. The summed E-state index contributed by atoms with van der Waals surface area (Å²) in [7, 11) is -0.536. The van der Waals surface area contributed by atoms with Gasteiger partial charge in [-0.25, -0.2) is 0 Å². The molecule has 0 saturated carbocycles. The summed E-state index contributed by atoms with van der Waals surface area (Å²) in [4.78, 5) is 14.0. The van der Waals surface area contributed by atoms with E-state index < -0.39 is 8.80 Å². The summed E-state index contributed by atoms with van der Waals surface area (Å²) in [5.74, 6) is 0.347. The van der Waals surface area contributed by atoms with E-state index in [9.17, 15) is 9.90 Å². The molecule has 5 nitrogen and oxygen atoms in total. The molecule has 6 heteroatoms. The van der Waals surface area contributed by atoms with Crippen molar-refractivity contribution in [1.29, 1.82) is 0 Å². The van der Waals surface area contributed by atoms with E-state index in [0.717, 1.165) is 29.5 Å². The first-order valence-electron chi connectivity index (χ1n) is 9.98. The van der Waals surface area contributed by atoms with E-state index in [0.29, 0.717) is 28.7 Å². The second kappa shape index (κ2) is 8.27. The lowest BCUT2D eigenvalue weighted by Crippen LogP contribution is -2.02. The second-order valence-corrected chi connectivity index (χ2v) is 11.4. The molecular weight excluding hydrogens is 366 g/mol. The molecule has 0 amide bonds. The molecule has 1 aromatic heterocycles. The zero-order chi connectivity index (χ0) is 20.4. The number of unbranched alkanes of at least 4 members (excludes halogenated alkanes) is 1. The van der Waals surface area contributed by atoms with Crippen molar-refractivity contribution < 1.29 is 9.90 Å². The first kappa shape index (κ1) is 20.3. The molecule has 0 fully saturated rings. The standard InChI is InChI=1S/C22H29N3O2Si/c1-14-12-20(22(27)16(3)15(14)2)25-23-18-10-9-17(13-19(18)24-25)21(26)8-6-7-11-28(4)5/h9-10,12-13,27-28H,6-8,11H2,1-5H3. The monoisotopic (exact) mass is 395 g/mol. The van der Waals surface area contributed by atoms with Crippen molar-refractivity contribution in [3.63, 3.8) is 0 Å². The number of hydrogen-bond acceptors (Lipinski definition) is 4. The van der Waals surface area contributed by atoms with Crippen molar-refractivity contribution in [2.45, 2.75) is 59.2 Å². The van der Waals surface area contributed by atoms with Crippen LogP contribution < -0.4 is 0 Å². The Hall–Kier alpha value is -2.47. The fourth-order valence-corrected chi connectivity index (χ4v) is 4.48. The summed E-state index contributed by atoms with van der Waals surface area (Å²) in [6.07, 6.45) is 2.67. The fraction of sp³-hybridized carbons (Fsp3) is 0.409. The van der Waals surface area contributed by atoms with Crippen LogP contribution in [0.1, 0.15) is 46.3 Å². The molecule has 0 aliphatic carbocycles. The van der Waals surface area contributed by atoms with Crippen molar-refractivity contribution in [2.24, 2.45) is 0 Å². The highest BCUT2D eigenvalue weighted by Crippen LogP contribution is 2.30.